The highest BCUT2D eigenvalue weighted by molar-refractivity contribution is 6.01. The third-order valence-electron chi connectivity index (χ3n) is 9.37. The van der Waals surface area contributed by atoms with Gasteiger partial charge in [-0.1, -0.05) is 19.9 Å². The Morgan fingerprint density at radius 3 is 2.62 bits per heavy atom. The summed E-state index contributed by atoms with van der Waals surface area (Å²) in [6.45, 7) is 7.45. The summed E-state index contributed by atoms with van der Waals surface area (Å²) in [7, 11) is 3.59. The van der Waals surface area contributed by atoms with Crippen molar-refractivity contribution in [3.05, 3.63) is 23.8 Å². The fourth-order valence-corrected chi connectivity index (χ4v) is 8.42. The fraction of sp³-hybridized carbons (Fsp3) is 0.769. The molecule has 0 radical (unpaired) electrons. The van der Waals surface area contributed by atoms with Crippen molar-refractivity contribution >= 4 is 11.5 Å². The van der Waals surface area contributed by atoms with E-state index in [-0.39, 0.29) is 42.7 Å². The number of carbonyl (C=O) groups excluding carboxylic acids is 1. The van der Waals surface area contributed by atoms with E-state index in [9.17, 15) is 15.0 Å². The van der Waals surface area contributed by atoms with Crippen molar-refractivity contribution in [3.63, 3.8) is 0 Å². The Kier molecular flexibility index (Phi) is 5.28. The fourth-order valence-electron chi connectivity index (χ4n) is 8.42. The number of rotatable bonds is 3. The van der Waals surface area contributed by atoms with Gasteiger partial charge in [-0.15, -0.1) is 0 Å². The van der Waals surface area contributed by atoms with E-state index in [0.29, 0.717) is 24.1 Å². The molecule has 0 unspecified atom stereocenters. The standard InChI is InChI=1S/C26H37FN2O5/c1-23(2)33-21-11-16-15-10-18(27)17-9-14(31)7-8-24(17,3)22(15)19(32)12-25(16,4)26(21,34-23)20(13-30)28-29(5)6/h7-9,15-16,18-19,21-22,30,32H,10-13H2,1-6H3/b28-20-/t15-,16-,18-,19-,21+,22+,24-,25-,26+/m0/s1. The van der Waals surface area contributed by atoms with Gasteiger partial charge in [-0.2, -0.15) is 5.10 Å². The van der Waals surface area contributed by atoms with E-state index in [1.807, 2.05) is 20.8 Å². The first-order chi connectivity index (χ1) is 15.8. The molecule has 0 spiro atoms. The van der Waals surface area contributed by atoms with Crippen molar-refractivity contribution in [2.45, 2.75) is 76.7 Å². The van der Waals surface area contributed by atoms with Crippen LogP contribution in [0.5, 0.6) is 0 Å². The smallest absolute Gasteiger partial charge is 0.178 e. The van der Waals surface area contributed by atoms with E-state index in [1.54, 1.807) is 25.2 Å². The van der Waals surface area contributed by atoms with Crippen molar-refractivity contribution in [3.8, 4) is 0 Å². The molecule has 8 heteroatoms. The second-order valence-corrected chi connectivity index (χ2v) is 11.9. The monoisotopic (exact) mass is 476 g/mol. The maximum atomic E-state index is 15.7. The molecule has 1 heterocycles. The molecular formula is C26H37FN2O5. The lowest BCUT2D eigenvalue weighted by molar-refractivity contribution is -0.211. The van der Waals surface area contributed by atoms with Gasteiger partial charge < -0.3 is 24.7 Å². The second kappa shape index (κ2) is 7.45. The molecule has 34 heavy (non-hydrogen) atoms. The lowest BCUT2D eigenvalue weighted by Crippen LogP contribution is -2.64. The number of ketones is 1. The van der Waals surface area contributed by atoms with Crippen molar-refractivity contribution in [1.29, 1.82) is 0 Å². The number of aliphatic hydroxyl groups excluding tert-OH is 2. The molecular weight excluding hydrogens is 439 g/mol. The highest BCUT2D eigenvalue weighted by atomic mass is 19.1. The number of nitrogens with zero attached hydrogens (tertiary/aromatic N) is 2. The van der Waals surface area contributed by atoms with Crippen LogP contribution in [0.3, 0.4) is 0 Å². The minimum atomic E-state index is -1.25. The number of aliphatic hydroxyl groups is 2. The molecule has 7 nitrogen and oxygen atoms in total. The average molecular weight is 477 g/mol. The van der Waals surface area contributed by atoms with Crippen LogP contribution in [0.15, 0.2) is 28.9 Å². The zero-order valence-corrected chi connectivity index (χ0v) is 20.9. The van der Waals surface area contributed by atoms with Gasteiger partial charge in [-0.05, 0) is 62.7 Å². The molecule has 9 atom stereocenters. The van der Waals surface area contributed by atoms with Crippen LogP contribution in [-0.4, -0.2) is 77.2 Å². The van der Waals surface area contributed by atoms with Crippen molar-refractivity contribution < 1.29 is 28.9 Å². The van der Waals surface area contributed by atoms with Crippen LogP contribution in [0, 0.1) is 28.6 Å². The number of alkyl halides is 1. The Balaban J connectivity index is 1.64. The van der Waals surface area contributed by atoms with Gasteiger partial charge in [-0.25, -0.2) is 4.39 Å². The van der Waals surface area contributed by atoms with Crippen LogP contribution < -0.4 is 0 Å². The van der Waals surface area contributed by atoms with Gasteiger partial charge in [0.2, 0.25) is 0 Å². The zero-order valence-electron chi connectivity index (χ0n) is 20.9. The number of hydrogen-bond acceptors (Lipinski definition) is 7. The van der Waals surface area contributed by atoms with Gasteiger partial charge in [0, 0.05) is 30.8 Å². The lowest BCUT2D eigenvalue weighted by Gasteiger charge is -2.60. The van der Waals surface area contributed by atoms with E-state index < -0.39 is 34.5 Å². The van der Waals surface area contributed by atoms with E-state index in [2.05, 4.69) is 12.0 Å². The minimum absolute atomic E-state index is 0.0106. The maximum Gasteiger partial charge on any atom is 0.178 e. The molecule has 4 aliphatic carbocycles. The summed E-state index contributed by atoms with van der Waals surface area (Å²) in [5.41, 5.74) is -1.43. The highest BCUT2D eigenvalue weighted by Crippen LogP contribution is 2.70. The zero-order chi connectivity index (χ0) is 24.8. The normalized spacial score (nSPS) is 49.1. The van der Waals surface area contributed by atoms with Gasteiger partial charge in [0.05, 0.1) is 24.5 Å². The Labute approximate surface area is 200 Å². The van der Waals surface area contributed by atoms with E-state index in [4.69, 9.17) is 9.47 Å². The number of allylic oxidation sites excluding steroid dienone is 4. The first-order valence-corrected chi connectivity index (χ1v) is 12.3. The lowest BCUT2D eigenvalue weighted by atomic mass is 9.46. The molecule has 2 N–H and O–H groups in total. The van der Waals surface area contributed by atoms with Crippen LogP contribution in [0.1, 0.15) is 47.0 Å². The van der Waals surface area contributed by atoms with Crippen LogP contribution >= 0.6 is 0 Å². The predicted molar refractivity (Wildman–Crippen MR) is 125 cm³/mol. The minimum Gasteiger partial charge on any atom is -0.393 e. The Hall–Kier alpha value is -1.61. The highest BCUT2D eigenvalue weighted by Gasteiger charge is 2.76. The average Bonchev–Trinajstić information content (AvgIpc) is 3.13. The summed E-state index contributed by atoms with van der Waals surface area (Å²) < 4.78 is 28.7. The molecule has 0 amide bonds. The molecule has 0 aromatic heterocycles. The topological polar surface area (TPSA) is 91.6 Å². The third kappa shape index (κ3) is 3.01. The Morgan fingerprint density at radius 2 is 1.97 bits per heavy atom. The Morgan fingerprint density at radius 1 is 1.26 bits per heavy atom. The van der Waals surface area contributed by atoms with Crippen LogP contribution in [0.4, 0.5) is 4.39 Å². The van der Waals surface area contributed by atoms with Gasteiger partial charge in [0.25, 0.3) is 0 Å². The van der Waals surface area contributed by atoms with Crippen LogP contribution in [0.2, 0.25) is 0 Å². The number of hydrazone groups is 1. The molecule has 1 aliphatic heterocycles. The summed E-state index contributed by atoms with van der Waals surface area (Å²) in [6.07, 6.45) is 3.64. The van der Waals surface area contributed by atoms with Crippen molar-refractivity contribution in [2.75, 3.05) is 20.7 Å². The molecule has 0 bridgehead atoms. The molecule has 188 valence electrons. The Bertz CT molecular complexity index is 992. The SMILES string of the molecule is CN(C)/N=C(/CO)[C@@]12OC(C)(C)O[C@@H]1C[C@H]1[C@@H]3C[C@H](F)C4=CC(=O)C=C[C@]4(C)[C@H]3[C@@H](O)C[C@@]12C. The van der Waals surface area contributed by atoms with Gasteiger partial charge in [0.15, 0.2) is 11.6 Å². The molecule has 0 aromatic carbocycles. The number of ether oxygens (including phenoxy) is 2. The first-order valence-electron chi connectivity index (χ1n) is 12.3. The first kappa shape index (κ1) is 24.1. The number of carbonyl (C=O) groups is 1. The summed E-state index contributed by atoms with van der Waals surface area (Å²) in [4.78, 5) is 12.0. The quantitative estimate of drug-likeness (QED) is 0.481. The summed E-state index contributed by atoms with van der Waals surface area (Å²) in [5.74, 6) is -1.45. The predicted octanol–water partition coefficient (Wildman–Crippen LogP) is 2.62. The molecule has 5 aliphatic rings. The van der Waals surface area contributed by atoms with Crippen LogP contribution in [-0.2, 0) is 14.3 Å². The van der Waals surface area contributed by atoms with E-state index >= 15 is 4.39 Å². The van der Waals surface area contributed by atoms with Gasteiger partial charge >= 0.3 is 0 Å². The number of hydrogen-bond donors (Lipinski definition) is 2. The van der Waals surface area contributed by atoms with E-state index in [1.165, 1.54) is 12.2 Å². The summed E-state index contributed by atoms with van der Waals surface area (Å²) in [5, 5.41) is 28.4. The van der Waals surface area contributed by atoms with Crippen LogP contribution in [0.25, 0.3) is 0 Å². The molecule has 0 aromatic rings. The molecule has 3 saturated carbocycles. The molecule has 4 fully saturated rings. The van der Waals surface area contributed by atoms with Gasteiger partial charge in [0.1, 0.15) is 11.8 Å². The summed E-state index contributed by atoms with van der Waals surface area (Å²) in [6, 6.07) is 0. The maximum absolute atomic E-state index is 15.7. The van der Waals surface area contributed by atoms with Gasteiger partial charge in [-0.3, -0.25) is 4.79 Å². The molecule has 1 saturated heterocycles. The third-order valence-corrected chi connectivity index (χ3v) is 9.37. The number of fused-ring (bicyclic) bond motifs is 7. The second-order valence-electron chi connectivity index (χ2n) is 11.9. The van der Waals surface area contributed by atoms with Crippen molar-refractivity contribution in [2.24, 2.45) is 33.7 Å². The van der Waals surface area contributed by atoms with Crippen molar-refractivity contribution in [1.82, 2.24) is 5.01 Å². The van der Waals surface area contributed by atoms with E-state index in [0.717, 1.165) is 0 Å². The number of halogens is 1. The molecule has 5 rings (SSSR count). The largest absolute Gasteiger partial charge is 0.393 e. The summed E-state index contributed by atoms with van der Waals surface area (Å²) >= 11 is 0.